The van der Waals surface area contributed by atoms with Crippen molar-refractivity contribution >= 4 is 44.6 Å². The summed E-state index contributed by atoms with van der Waals surface area (Å²) in [6, 6.07) is 3.32. The van der Waals surface area contributed by atoms with E-state index in [1.165, 1.54) is 6.20 Å². The largest absolute Gasteiger partial charge is 0.366 e. The minimum atomic E-state index is -4.30. The molecule has 1 atom stereocenters. The summed E-state index contributed by atoms with van der Waals surface area (Å²) in [5.74, 6) is -3.53. The van der Waals surface area contributed by atoms with Gasteiger partial charge in [0.1, 0.15) is 24.3 Å². The van der Waals surface area contributed by atoms with E-state index in [4.69, 9.17) is 0 Å². The van der Waals surface area contributed by atoms with Crippen LogP contribution in [0.3, 0.4) is 0 Å². The number of carbonyl (C=O) groups excluding carboxylic acids is 1. The number of halogens is 3. The summed E-state index contributed by atoms with van der Waals surface area (Å²) in [6.07, 6.45) is 4.89. The van der Waals surface area contributed by atoms with E-state index < -0.39 is 45.0 Å². The van der Waals surface area contributed by atoms with E-state index in [1.807, 2.05) is 4.72 Å². The summed E-state index contributed by atoms with van der Waals surface area (Å²) in [7, 11) is -4.30. The molecule has 0 bridgehead atoms. The maximum atomic E-state index is 15.3. The summed E-state index contributed by atoms with van der Waals surface area (Å²) < 4.78 is 71.3. The number of H-pyrrole nitrogens is 1. The van der Waals surface area contributed by atoms with Crippen LogP contribution < -0.4 is 10.0 Å². The molecule has 1 saturated heterocycles. The first-order valence-corrected chi connectivity index (χ1v) is 12.0. The van der Waals surface area contributed by atoms with E-state index in [1.54, 1.807) is 24.6 Å². The summed E-state index contributed by atoms with van der Waals surface area (Å²) in [5, 5.41) is 3.39. The molecule has 35 heavy (non-hydrogen) atoms. The molecule has 2 aliphatic heterocycles. The van der Waals surface area contributed by atoms with Gasteiger partial charge in [-0.2, -0.15) is 12.7 Å². The first kappa shape index (κ1) is 23.1. The highest BCUT2D eigenvalue weighted by Gasteiger charge is 2.33. The number of aromatic nitrogens is 2. The van der Waals surface area contributed by atoms with Gasteiger partial charge in [-0.15, -0.1) is 0 Å². The quantitative estimate of drug-likeness (QED) is 0.446. The zero-order valence-electron chi connectivity index (χ0n) is 18.1. The average Bonchev–Trinajstić information content (AvgIpc) is 3.48. The zero-order valence-corrected chi connectivity index (χ0v) is 18.9. The third kappa shape index (κ3) is 4.28. The number of anilines is 1. The number of benzene rings is 1. The minimum absolute atomic E-state index is 0.0202. The molecule has 9 nitrogen and oxygen atoms in total. The molecule has 0 radical (unpaired) electrons. The van der Waals surface area contributed by atoms with E-state index in [9.17, 15) is 22.0 Å². The first-order valence-electron chi connectivity index (χ1n) is 10.6. The van der Waals surface area contributed by atoms with Crippen molar-refractivity contribution in [1.82, 2.24) is 19.6 Å². The second-order valence-corrected chi connectivity index (χ2v) is 9.70. The van der Waals surface area contributed by atoms with Gasteiger partial charge in [-0.05, 0) is 30.7 Å². The molecule has 1 fully saturated rings. The molecule has 13 heteroatoms. The SMILES string of the molecule is O=C(c1c(F)ccc(NS(=O)(=O)N2CC[C@@H](F)C2)c1F)c1c[nH]c2ncc(C3=CC=NCN3)cc12. The molecule has 4 heterocycles. The number of hydrogen-bond donors (Lipinski definition) is 3. The fourth-order valence-corrected chi connectivity index (χ4v) is 5.26. The molecule has 0 saturated carbocycles. The van der Waals surface area contributed by atoms with Crippen LogP contribution in [0.25, 0.3) is 16.7 Å². The fourth-order valence-electron chi connectivity index (χ4n) is 3.99. The van der Waals surface area contributed by atoms with E-state index in [0.717, 1.165) is 16.4 Å². The predicted octanol–water partition coefficient (Wildman–Crippen LogP) is 2.75. The van der Waals surface area contributed by atoms with E-state index in [-0.39, 0.29) is 25.1 Å². The van der Waals surface area contributed by atoms with Crippen molar-refractivity contribution in [3.8, 4) is 0 Å². The van der Waals surface area contributed by atoms with Crippen LogP contribution in [0.4, 0.5) is 18.9 Å². The van der Waals surface area contributed by atoms with Crippen LogP contribution in [0.5, 0.6) is 0 Å². The lowest BCUT2D eigenvalue weighted by Gasteiger charge is -2.18. The van der Waals surface area contributed by atoms with Gasteiger partial charge in [0.2, 0.25) is 5.78 Å². The molecule has 3 N–H and O–H groups in total. The lowest BCUT2D eigenvalue weighted by molar-refractivity contribution is 0.103. The van der Waals surface area contributed by atoms with Crippen molar-refractivity contribution in [2.24, 2.45) is 4.99 Å². The van der Waals surface area contributed by atoms with Gasteiger partial charge in [0.15, 0.2) is 5.82 Å². The standard InChI is InChI=1S/C22H19F3N6O3S/c23-13-4-6-31(10-13)35(33,34)30-18-2-1-16(24)19(20(18)25)21(32)15-9-28-22-14(15)7-12(8-27-22)17-3-5-26-11-29-17/h1-3,5,7-9,13,29-30H,4,6,10-11H2,(H,27,28)/t13-/m1/s1. The van der Waals surface area contributed by atoms with Crippen LogP contribution in [0.2, 0.25) is 0 Å². The van der Waals surface area contributed by atoms with Crippen molar-refractivity contribution in [3.63, 3.8) is 0 Å². The summed E-state index contributed by atoms with van der Waals surface area (Å²) >= 11 is 0. The molecular weight excluding hydrogens is 485 g/mol. The highest BCUT2D eigenvalue weighted by molar-refractivity contribution is 7.90. The number of hydrogen-bond acceptors (Lipinski definition) is 6. The zero-order chi connectivity index (χ0) is 24.7. The number of nitrogens with zero attached hydrogens (tertiary/aromatic N) is 3. The van der Waals surface area contributed by atoms with Crippen LogP contribution in [-0.4, -0.2) is 60.6 Å². The molecule has 182 valence electrons. The van der Waals surface area contributed by atoms with E-state index in [2.05, 4.69) is 20.3 Å². The smallest absolute Gasteiger partial charge is 0.301 e. The van der Waals surface area contributed by atoms with Crippen molar-refractivity contribution in [1.29, 1.82) is 0 Å². The minimum Gasteiger partial charge on any atom is -0.366 e. The third-order valence-corrected chi connectivity index (χ3v) is 7.27. The summed E-state index contributed by atoms with van der Waals surface area (Å²) in [4.78, 5) is 24.3. The first-order chi connectivity index (χ1) is 16.7. The van der Waals surface area contributed by atoms with Crippen molar-refractivity contribution in [2.45, 2.75) is 12.6 Å². The Hall–Kier alpha value is -3.71. The molecule has 1 aromatic carbocycles. The molecule has 0 aliphatic carbocycles. The van der Waals surface area contributed by atoms with Crippen molar-refractivity contribution < 1.29 is 26.4 Å². The van der Waals surface area contributed by atoms with Gasteiger partial charge in [0.25, 0.3) is 0 Å². The predicted molar refractivity (Wildman–Crippen MR) is 124 cm³/mol. The second-order valence-electron chi connectivity index (χ2n) is 8.03. The second kappa shape index (κ2) is 8.82. The number of alkyl halides is 1. The van der Waals surface area contributed by atoms with Gasteiger partial charge in [0, 0.05) is 53.9 Å². The number of allylic oxidation sites excluding steroid dienone is 1. The number of nitrogens with one attached hydrogen (secondary N) is 3. The highest BCUT2D eigenvalue weighted by Crippen LogP contribution is 2.29. The molecule has 5 rings (SSSR count). The van der Waals surface area contributed by atoms with Crippen LogP contribution in [0, 0.1) is 11.6 Å². The fraction of sp³-hybridized carbons (Fsp3) is 0.227. The van der Waals surface area contributed by atoms with Gasteiger partial charge in [-0.25, -0.2) is 18.2 Å². The number of ketones is 1. The number of pyridine rings is 1. The number of aromatic amines is 1. The van der Waals surface area contributed by atoms with Gasteiger partial charge >= 0.3 is 10.2 Å². The molecule has 2 aliphatic rings. The monoisotopic (exact) mass is 504 g/mol. The van der Waals surface area contributed by atoms with Gasteiger partial charge in [-0.3, -0.25) is 14.5 Å². The molecule has 2 aromatic heterocycles. The van der Waals surface area contributed by atoms with Gasteiger partial charge < -0.3 is 10.3 Å². The Labute approximate surface area is 197 Å². The maximum Gasteiger partial charge on any atom is 0.301 e. The van der Waals surface area contributed by atoms with Crippen LogP contribution in [-0.2, 0) is 10.2 Å². The highest BCUT2D eigenvalue weighted by atomic mass is 32.2. The molecular formula is C22H19F3N6O3S. The van der Waals surface area contributed by atoms with E-state index in [0.29, 0.717) is 29.0 Å². The average molecular weight is 504 g/mol. The lowest BCUT2D eigenvalue weighted by atomic mass is 10.0. The summed E-state index contributed by atoms with van der Waals surface area (Å²) in [5.41, 5.74) is 0.0819. The maximum absolute atomic E-state index is 15.3. The number of carbonyl (C=O) groups is 1. The topological polar surface area (TPSA) is 120 Å². The van der Waals surface area contributed by atoms with Crippen LogP contribution >= 0.6 is 0 Å². The Morgan fingerprint density at radius 1 is 1.26 bits per heavy atom. The Bertz CT molecular complexity index is 1500. The Kier molecular flexibility index (Phi) is 5.81. The number of rotatable bonds is 6. The summed E-state index contributed by atoms with van der Waals surface area (Å²) in [6.45, 7) is -0.0794. The van der Waals surface area contributed by atoms with Crippen molar-refractivity contribution in [3.05, 3.63) is 65.0 Å². The van der Waals surface area contributed by atoms with Crippen LogP contribution in [0.1, 0.15) is 27.9 Å². The molecule has 0 amide bonds. The molecule has 3 aromatic rings. The third-order valence-electron chi connectivity index (χ3n) is 5.78. The number of aliphatic imine (C=N–C) groups is 1. The van der Waals surface area contributed by atoms with Crippen LogP contribution in [0.15, 0.2) is 41.7 Å². The number of fused-ring (bicyclic) bond motifs is 1. The van der Waals surface area contributed by atoms with Crippen molar-refractivity contribution in [2.75, 3.05) is 24.5 Å². The van der Waals surface area contributed by atoms with Gasteiger partial charge in [0.05, 0.1) is 11.3 Å². The lowest BCUT2D eigenvalue weighted by Crippen LogP contribution is -2.34. The normalized spacial score (nSPS) is 18.5. The Balaban J connectivity index is 1.51. The molecule has 0 spiro atoms. The van der Waals surface area contributed by atoms with Gasteiger partial charge in [-0.1, -0.05) is 0 Å². The Morgan fingerprint density at radius 3 is 2.80 bits per heavy atom. The Morgan fingerprint density at radius 2 is 2.09 bits per heavy atom. The van der Waals surface area contributed by atoms with E-state index >= 15 is 4.39 Å². The molecule has 0 unspecified atom stereocenters.